The fourth-order valence-electron chi connectivity index (χ4n) is 3.46. The number of aromatic nitrogens is 2. The molecule has 2 aromatic rings. The standard InChI is InChI=1S/C18H26N4O2/c1-4-7-22-8-5-14(6-9-22)11-19-17(23)15-10-12(2)20-18-16(15)13(3)21-24-18/h10,14H,4-9,11H2,1-3H3,(H,19,23). The van der Waals surface area contributed by atoms with E-state index in [0.29, 0.717) is 22.9 Å². The summed E-state index contributed by atoms with van der Waals surface area (Å²) in [6, 6.07) is 1.81. The number of likely N-dealkylation sites (tertiary alicyclic amines) is 1. The van der Waals surface area contributed by atoms with Gasteiger partial charge in [0.25, 0.3) is 11.6 Å². The van der Waals surface area contributed by atoms with Crippen molar-refractivity contribution in [3.05, 3.63) is 23.0 Å². The van der Waals surface area contributed by atoms with Crippen molar-refractivity contribution in [3.63, 3.8) is 0 Å². The molecule has 0 aromatic carbocycles. The maximum absolute atomic E-state index is 12.7. The van der Waals surface area contributed by atoms with Gasteiger partial charge < -0.3 is 14.7 Å². The van der Waals surface area contributed by atoms with Crippen molar-refractivity contribution in [1.29, 1.82) is 0 Å². The molecule has 6 nitrogen and oxygen atoms in total. The van der Waals surface area contributed by atoms with Crippen molar-refractivity contribution in [2.24, 2.45) is 5.92 Å². The van der Waals surface area contributed by atoms with Crippen molar-refractivity contribution < 1.29 is 9.32 Å². The lowest BCUT2D eigenvalue weighted by atomic mass is 9.96. The molecular weight excluding hydrogens is 304 g/mol. The third-order valence-electron chi connectivity index (χ3n) is 4.79. The van der Waals surface area contributed by atoms with Crippen LogP contribution < -0.4 is 5.32 Å². The molecule has 1 aliphatic heterocycles. The molecule has 130 valence electrons. The van der Waals surface area contributed by atoms with Gasteiger partial charge in [0.2, 0.25) is 0 Å². The Morgan fingerprint density at radius 2 is 2.12 bits per heavy atom. The smallest absolute Gasteiger partial charge is 0.258 e. The van der Waals surface area contributed by atoms with Crippen molar-refractivity contribution in [2.45, 2.75) is 40.0 Å². The fourth-order valence-corrected chi connectivity index (χ4v) is 3.46. The minimum Gasteiger partial charge on any atom is -0.352 e. The van der Waals surface area contributed by atoms with E-state index in [-0.39, 0.29) is 5.91 Å². The zero-order chi connectivity index (χ0) is 17.1. The maximum Gasteiger partial charge on any atom is 0.258 e. The summed E-state index contributed by atoms with van der Waals surface area (Å²) in [5.41, 5.74) is 2.51. The number of nitrogens with one attached hydrogen (secondary N) is 1. The Hall–Kier alpha value is -1.95. The Morgan fingerprint density at radius 3 is 2.83 bits per heavy atom. The first-order valence-corrected chi connectivity index (χ1v) is 8.82. The number of hydrogen-bond donors (Lipinski definition) is 1. The van der Waals surface area contributed by atoms with Crippen molar-refractivity contribution in [1.82, 2.24) is 20.4 Å². The largest absolute Gasteiger partial charge is 0.352 e. The van der Waals surface area contributed by atoms with Crippen molar-refractivity contribution in [2.75, 3.05) is 26.2 Å². The molecule has 0 bridgehead atoms. The van der Waals surface area contributed by atoms with E-state index in [1.807, 2.05) is 19.9 Å². The Balaban J connectivity index is 1.63. The molecule has 0 spiro atoms. The highest BCUT2D eigenvalue weighted by atomic mass is 16.5. The van der Waals surface area contributed by atoms with Gasteiger partial charge in [0.15, 0.2) is 0 Å². The van der Waals surface area contributed by atoms with Crippen LogP contribution in [0, 0.1) is 19.8 Å². The molecule has 0 aliphatic carbocycles. The summed E-state index contributed by atoms with van der Waals surface area (Å²) in [5.74, 6) is 0.497. The van der Waals surface area contributed by atoms with Gasteiger partial charge in [0.05, 0.1) is 16.6 Å². The van der Waals surface area contributed by atoms with Crippen molar-refractivity contribution in [3.8, 4) is 0 Å². The van der Waals surface area contributed by atoms with Crippen LogP contribution in [-0.2, 0) is 0 Å². The number of rotatable bonds is 5. The molecule has 24 heavy (non-hydrogen) atoms. The summed E-state index contributed by atoms with van der Waals surface area (Å²) < 4.78 is 5.20. The first-order valence-electron chi connectivity index (χ1n) is 8.82. The van der Waals surface area contributed by atoms with E-state index in [1.165, 1.54) is 13.0 Å². The van der Waals surface area contributed by atoms with Gasteiger partial charge in [0.1, 0.15) is 0 Å². The minimum atomic E-state index is -0.0622. The van der Waals surface area contributed by atoms with Crippen LogP contribution in [0.1, 0.15) is 47.9 Å². The summed E-state index contributed by atoms with van der Waals surface area (Å²) in [5, 5.41) is 7.75. The first-order chi connectivity index (χ1) is 11.6. The number of carbonyl (C=O) groups is 1. The average molecular weight is 330 g/mol. The highest BCUT2D eigenvalue weighted by Gasteiger charge is 2.21. The third-order valence-corrected chi connectivity index (χ3v) is 4.79. The number of nitrogens with zero attached hydrogens (tertiary/aromatic N) is 3. The molecule has 0 unspecified atom stereocenters. The molecule has 1 fully saturated rings. The van der Waals surface area contributed by atoms with Gasteiger partial charge in [0, 0.05) is 12.2 Å². The summed E-state index contributed by atoms with van der Waals surface area (Å²) in [4.78, 5) is 19.5. The van der Waals surface area contributed by atoms with Crippen molar-refractivity contribution >= 4 is 17.0 Å². The SMILES string of the molecule is CCCN1CCC(CNC(=O)c2cc(C)nc3onc(C)c23)CC1. The predicted octanol–water partition coefficient (Wildman–Crippen LogP) is 2.69. The Morgan fingerprint density at radius 1 is 1.38 bits per heavy atom. The van der Waals surface area contributed by atoms with Gasteiger partial charge in [-0.3, -0.25) is 4.79 Å². The van der Waals surface area contributed by atoms with Crippen LogP contribution in [0.5, 0.6) is 0 Å². The van der Waals surface area contributed by atoms with E-state index in [2.05, 4.69) is 27.3 Å². The molecule has 0 radical (unpaired) electrons. The number of amides is 1. The third kappa shape index (κ3) is 3.59. The van der Waals surface area contributed by atoms with Crippen LogP contribution >= 0.6 is 0 Å². The van der Waals surface area contributed by atoms with Crippen LogP contribution in [0.15, 0.2) is 10.6 Å². The second kappa shape index (κ2) is 7.30. The molecular formula is C18H26N4O2. The molecule has 3 heterocycles. The molecule has 1 amide bonds. The molecule has 0 atom stereocenters. The first kappa shape index (κ1) is 16.9. The van der Waals surface area contributed by atoms with Gasteiger partial charge in [-0.25, -0.2) is 4.98 Å². The number of piperidine rings is 1. The van der Waals surface area contributed by atoms with Gasteiger partial charge in [-0.2, -0.15) is 0 Å². The van der Waals surface area contributed by atoms with Crippen LogP contribution in [0.3, 0.4) is 0 Å². The molecule has 6 heteroatoms. The molecule has 1 N–H and O–H groups in total. The average Bonchev–Trinajstić information content (AvgIpc) is 2.94. The fraction of sp³-hybridized carbons (Fsp3) is 0.611. The highest BCUT2D eigenvalue weighted by Crippen LogP contribution is 2.22. The number of carbonyl (C=O) groups excluding carboxylic acids is 1. The van der Waals surface area contributed by atoms with E-state index >= 15 is 0 Å². The molecule has 2 aromatic heterocycles. The lowest BCUT2D eigenvalue weighted by Gasteiger charge is -2.31. The monoisotopic (exact) mass is 330 g/mol. The Kier molecular flexibility index (Phi) is 5.14. The minimum absolute atomic E-state index is 0.0622. The second-order valence-electron chi connectivity index (χ2n) is 6.75. The number of pyridine rings is 1. The Labute approximate surface area is 142 Å². The zero-order valence-electron chi connectivity index (χ0n) is 14.8. The van der Waals surface area contributed by atoms with E-state index in [0.717, 1.165) is 43.6 Å². The number of fused-ring (bicyclic) bond motifs is 1. The maximum atomic E-state index is 12.7. The number of aryl methyl sites for hydroxylation is 2. The summed E-state index contributed by atoms with van der Waals surface area (Å²) in [6.07, 6.45) is 3.51. The summed E-state index contributed by atoms with van der Waals surface area (Å²) >= 11 is 0. The van der Waals surface area contributed by atoms with Gasteiger partial charge in [-0.15, -0.1) is 0 Å². The summed E-state index contributed by atoms with van der Waals surface area (Å²) in [6.45, 7) is 10.1. The normalized spacial score (nSPS) is 16.6. The second-order valence-corrected chi connectivity index (χ2v) is 6.75. The Bertz CT molecular complexity index is 717. The zero-order valence-corrected chi connectivity index (χ0v) is 14.8. The predicted molar refractivity (Wildman–Crippen MR) is 93.1 cm³/mol. The summed E-state index contributed by atoms with van der Waals surface area (Å²) in [7, 11) is 0. The molecule has 0 saturated carbocycles. The van der Waals surface area contributed by atoms with Crippen LogP contribution in [-0.4, -0.2) is 47.1 Å². The van der Waals surface area contributed by atoms with E-state index in [4.69, 9.17) is 4.52 Å². The van der Waals surface area contributed by atoms with Gasteiger partial charge >= 0.3 is 0 Å². The molecule has 1 saturated heterocycles. The lowest BCUT2D eigenvalue weighted by Crippen LogP contribution is -2.39. The highest BCUT2D eigenvalue weighted by molar-refractivity contribution is 6.06. The van der Waals surface area contributed by atoms with E-state index < -0.39 is 0 Å². The van der Waals surface area contributed by atoms with Crippen LogP contribution in [0.2, 0.25) is 0 Å². The van der Waals surface area contributed by atoms with Gasteiger partial charge in [-0.05, 0) is 64.7 Å². The molecule has 1 aliphatic rings. The quantitative estimate of drug-likeness (QED) is 0.912. The topological polar surface area (TPSA) is 71.3 Å². The van der Waals surface area contributed by atoms with E-state index in [9.17, 15) is 4.79 Å². The van der Waals surface area contributed by atoms with E-state index in [1.54, 1.807) is 0 Å². The van der Waals surface area contributed by atoms with Crippen LogP contribution in [0.25, 0.3) is 11.1 Å². The van der Waals surface area contributed by atoms with Gasteiger partial charge in [-0.1, -0.05) is 12.1 Å². The molecule has 3 rings (SSSR count). The number of hydrogen-bond acceptors (Lipinski definition) is 5. The van der Waals surface area contributed by atoms with Crippen LogP contribution in [0.4, 0.5) is 0 Å². The lowest BCUT2D eigenvalue weighted by molar-refractivity contribution is 0.0937.